The predicted octanol–water partition coefficient (Wildman–Crippen LogP) is 2.95. The van der Waals surface area contributed by atoms with E-state index in [0.29, 0.717) is 6.04 Å². The Morgan fingerprint density at radius 3 is 2.15 bits per heavy atom. The van der Waals surface area contributed by atoms with Gasteiger partial charge in [-0.25, -0.2) is 0 Å². The van der Waals surface area contributed by atoms with Crippen molar-refractivity contribution in [1.82, 2.24) is 9.80 Å². The second-order valence-electron chi connectivity index (χ2n) is 6.39. The number of nitrogens with two attached hydrogens (primary N) is 1. The maximum absolute atomic E-state index is 5.73. The van der Waals surface area contributed by atoms with Crippen LogP contribution in [0.5, 0.6) is 0 Å². The third-order valence-corrected chi connectivity index (χ3v) is 4.95. The van der Waals surface area contributed by atoms with Crippen LogP contribution < -0.4 is 5.73 Å². The smallest absolute Gasteiger partial charge is 0.0113 e. The Morgan fingerprint density at radius 1 is 0.950 bits per heavy atom. The van der Waals surface area contributed by atoms with Gasteiger partial charge >= 0.3 is 0 Å². The van der Waals surface area contributed by atoms with Gasteiger partial charge < -0.3 is 10.6 Å². The Kier molecular flexibility index (Phi) is 9.49. The average molecular weight is 284 g/mol. The van der Waals surface area contributed by atoms with Crippen LogP contribution in [0.3, 0.4) is 0 Å². The fourth-order valence-electron chi connectivity index (χ4n) is 3.43. The van der Waals surface area contributed by atoms with E-state index < -0.39 is 0 Å². The normalized spacial score (nSPS) is 21.0. The molecule has 2 unspecified atom stereocenters. The summed E-state index contributed by atoms with van der Waals surface area (Å²) >= 11 is 0. The summed E-state index contributed by atoms with van der Waals surface area (Å²) in [6.07, 6.45) is 7.88. The van der Waals surface area contributed by atoms with E-state index in [1.54, 1.807) is 0 Å². The summed E-state index contributed by atoms with van der Waals surface area (Å²) in [4.78, 5) is 5.35. The molecule has 1 heterocycles. The van der Waals surface area contributed by atoms with Crippen molar-refractivity contribution < 1.29 is 0 Å². The lowest BCUT2D eigenvalue weighted by molar-refractivity contribution is 0.0798. The van der Waals surface area contributed by atoms with Crippen LogP contribution in [0, 0.1) is 5.92 Å². The van der Waals surface area contributed by atoms with Crippen molar-refractivity contribution in [2.75, 3.05) is 39.3 Å². The van der Waals surface area contributed by atoms with E-state index in [1.165, 1.54) is 64.8 Å². The first-order valence-corrected chi connectivity index (χ1v) is 8.91. The topological polar surface area (TPSA) is 32.5 Å². The molecule has 120 valence electrons. The number of unbranched alkanes of at least 4 members (excludes halogenated alkanes) is 1. The Bertz CT molecular complexity index is 224. The Morgan fingerprint density at radius 2 is 1.65 bits per heavy atom. The zero-order valence-electron chi connectivity index (χ0n) is 14.1. The van der Waals surface area contributed by atoms with Gasteiger partial charge in [-0.1, -0.05) is 40.0 Å². The van der Waals surface area contributed by atoms with E-state index in [1.807, 2.05) is 0 Å². The van der Waals surface area contributed by atoms with E-state index in [2.05, 4.69) is 30.6 Å². The highest BCUT2D eigenvalue weighted by molar-refractivity contribution is 4.79. The van der Waals surface area contributed by atoms with Gasteiger partial charge in [0, 0.05) is 38.8 Å². The van der Waals surface area contributed by atoms with Gasteiger partial charge in [-0.3, -0.25) is 4.90 Å². The van der Waals surface area contributed by atoms with Crippen LogP contribution in [0.15, 0.2) is 0 Å². The van der Waals surface area contributed by atoms with Crippen molar-refractivity contribution in [3.63, 3.8) is 0 Å². The molecule has 1 saturated heterocycles. The molecule has 1 aliphatic heterocycles. The highest BCUT2D eigenvalue weighted by atomic mass is 15.3. The van der Waals surface area contributed by atoms with Crippen LogP contribution in [0.1, 0.15) is 59.3 Å². The summed E-state index contributed by atoms with van der Waals surface area (Å²) in [5.41, 5.74) is 5.73. The van der Waals surface area contributed by atoms with E-state index >= 15 is 0 Å². The zero-order chi connectivity index (χ0) is 14.8. The lowest BCUT2D eigenvalue weighted by atomic mass is 9.98. The van der Waals surface area contributed by atoms with Crippen molar-refractivity contribution in [2.24, 2.45) is 11.7 Å². The molecule has 1 fully saturated rings. The molecule has 2 atom stereocenters. The van der Waals surface area contributed by atoms with Crippen LogP contribution in [-0.4, -0.2) is 55.1 Å². The first-order chi connectivity index (χ1) is 9.74. The van der Waals surface area contributed by atoms with E-state index in [0.717, 1.165) is 18.9 Å². The first-order valence-electron chi connectivity index (χ1n) is 8.91. The third-order valence-electron chi connectivity index (χ3n) is 4.95. The molecule has 2 N–H and O–H groups in total. The van der Waals surface area contributed by atoms with Crippen molar-refractivity contribution in [2.45, 2.75) is 65.3 Å². The zero-order valence-corrected chi connectivity index (χ0v) is 14.1. The van der Waals surface area contributed by atoms with Crippen LogP contribution in [-0.2, 0) is 0 Å². The lowest BCUT2D eigenvalue weighted by Crippen LogP contribution is -2.51. The van der Waals surface area contributed by atoms with Crippen molar-refractivity contribution >= 4 is 0 Å². The third kappa shape index (κ3) is 6.11. The molecule has 0 bridgehead atoms. The summed E-state index contributed by atoms with van der Waals surface area (Å²) in [6, 6.07) is 0.712. The first kappa shape index (κ1) is 17.9. The highest BCUT2D eigenvalue weighted by Gasteiger charge is 2.23. The van der Waals surface area contributed by atoms with Gasteiger partial charge in [-0.2, -0.15) is 0 Å². The van der Waals surface area contributed by atoms with E-state index in [4.69, 9.17) is 5.73 Å². The molecular weight excluding hydrogens is 246 g/mol. The maximum Gasteiger partial charge on any atom is 0.0113 e. The second-order valence-corrected chi connectivity index (χ2v) is 6.39. The van der Waals surface area contributed by atoms with Gasteiger partial charge in [-0.15, -0.1) is 0 Å². The van der Waals surface area contributed by atoms with Crippen molar-refractivity contribution in [3.8, 4) is 0 Å². The summed E-state index contributed by atoms with van der Waals surface area (Å²) in [7, 11) is 0. The molecule has 1 rings (SSSR count). The van der Waals surface area contributed by atoms with Crippen molar-refractivity contribution in [1.29, 1.82) is 0 Å². The standard InChI is InChI=1S/C17H37N3/c1-4-7-8-16(5-2)15-19-11-13-20(14-12-19)17(6-3)9-10-18/h16-17H,4-15,18H2,1-3H3. The quantitative estimate of drug-likeness (QED) is 0.669. The summed E-state index contributed by atoms with van der Waals surface area (Å²) in [5.74, 6) is 0.910. The average Bonchev–Trinajstić information content (AvgIpc) is 2.49. The van der Waals surface area contributed by atoms with Gasteiger partial charge in [0.05, 0.1) is 0 Å². The monoisotopic (exact) mass is 283 g/mol. The van der Waals surface area contributed by atoms with Gasteiger partial charge in [0.25, 0.3) is 0 Å². The Labute approximate surface area is 126 Å². The van der Waals surface area contributed by atoms with Crippen LogP contribution >= 0.6 is 0 Å². The van der Waals surface area contributed by atoms with Gasteiger partial charge in [0.15, 0.2) is 0 Å². The molecule has 1 aliphatic rings. The number of hydrogen-bond donors (Lipinski definition) is 1. The fourth-order valence-corrected chi connectivity index (χ4v) is 3.43. The lowest BCUT2D eigenvalue weighted by Gasteiger charge is -2.40. The van der Waals surface area contributed by atoms with Crippen molar-refractivity contribution in [3.05, 3.63) is 0 Å². The molecule has 0 aromatic heterocycles. The molecule has 3 nitrogen and oxygen atoms in total. The van der Waals surface area contributed by atoms with Crippen LogP contribution in [0.2, 0.25) is 0 Å². The van der Waals surface area contributed by atoms with E-state index in [-0.39, 0.29) is 0 Å². The number of nitrogens with zero attached hydrogens (tertiary/aromatic N) is 2. The predicted molar refractivity (Wildman–Crippen MR) is 89.1 cm³/mol. The number of piperazine rings is 1. The molecule has 0 spiro atoms. The van der Waals surface area contributed by atoms with Gasteiger partial charge in [-0.05, 0) is 31.7 Å². The second kappa shape index (κ2) is 10.6. The molecule has 20 heavy (non-hydrogen) atoms. The SMILES string of the molecule is CCCCC(CC)CN1CCN(C(CC)CCN)CC1. The molecule has 0 saturated carbocycles. The van der Waals surface area contributed by atoms with Crippen LogP contribution in [0.25, 0.3) is 0 Å². The maximum atomic E-state index is 5.73. The van der Waals surface area contributed by atoms with E-state index in [9.17, 15) is 0 Å². The summed E-state index contributed by atoms with van der Waals surface area (Å²) in [6.45, 7) is 14.1. The molecule has 0 radical (unpaired) electrons. The van der Waals surface area contributed by atoms with Gasteiger partial charge in [0.2, 0.25) is 0 Å². The Hall–Kier alpha value is -0.120. The Balaban J connectivity index is 2.30. The number of hydrogen-bond acceptors (Lipinski definition) is 3. The minimum absolute atomic E-state index is 0.712. The number of rotatable bonds is 10. The molecule has 0 aromatic carbocycles. The van der Waals surface area contributed by atoms with Crippen LogP contribution in [0.4, 0.5) is 0 Å². The summed E-state index contributed by atoms with van der Waals surface area (Å²) in [5, 5.41) is 0. The molecular formula is C17H37N3. The van der Waals surface area contributed by atoms with Gasteiger partial charge in [0.1, 0.15) is 0 Å². The fraction of sp³-hybridized carbons (Fsp3) is 1.00. The summed E-state index contributed by atoms with van der Waals surface area (Å²) < 4.78 is 0. The molecule has 3 heteroatoms. The minimum atomic E-state index is 0.712. The minimum Gasteiger partial charge on any atom is -0.330 e. The largest absolute Gasteiger partial charge is 0.330 e. The molecule has 0 aliphatic carbocycles. The highest BCUT2D eigenvalue weighted by Crippen LogP contribution is 2.17. The molecule has 0 aromatic rings. The molecule has 0 amide bonds.